The molecule has 3 aromatic rings. The van der Waals surface area contributed by atoms with E-state index >= 15 is 0 Å². The molecule has 1 heterocycles. The maximum Gasteiger partial charge on any atom is 0.207 e. The minimum absolute atomic E-state index is 0.0157. The second kappa shape index (κ2) is 8.27. The SMILES string of the molecule is CC(P)(P)c1ccc(Nc2ccccc2-c2nnn(CC3CCCC3)n2)cc1. The van der Waals surface area contributed by atoms with Gasteiger partial charge in [0.25, 0.3) is 0 Å². The lowest BCUT2D eigenvalue weighted by molar-refractivity contribution is 0.389. The van der Waals surface area contributed by atoms with E-state index in [9.17, 15) is 0 Å². The lowest BCUT2D eigenvalue weighted by Crippen LogP contribution is -2.10. The molecule has 146 valence electrons. The number of benzene rings is 2. The van der Waals surface area contributed by atoms with Crippen LogP contribution in [0.2, 0.25) is 0 Å². The van der Waals surface area contributed by atoms with Crippen molar-refractivity contribution in [2.45, 2.75) is 44.0 Å². The molecule has 1 saturated carbocycles. The zero-order chi connectivity index (χ0) is 19.6. The van der Waals surface area contributed by atoms with E-state index < -0.39 is 0 Å². The predicted molar refractivity (Wildman–Crippen MR) is 122 cm³/mol. The van der Waals surface area contributed by atoms with Gasteiger partial charge in [0, 0.05) is 21.8 Å². The topological polar surface area (TPSA) is 55.6 Å². The molecule has 0 spiro atoms. The van der Waals surface area contributed by atoms with Crippen molar-refractivity contribution in [2.75, 3.05) is 5.32 Å². The molecule has 0 bridgehead atoms. The van der Waals surface area contributed by atoms with Gasteiger partial charge in [-0.25, -0.2) is 0 Å². The molecule has 2 atom stereocenters. The van der Waals surface area contributed by atoms with Gasteiger partial charge in [-0.1, -0.05) is 37.1 Å². The zero-order valence-electron chi connectivity index (χ0n) is 16.2. The normalized spacial score (nSPS) is 15.1. The number of rotatable bonds is 6. The Bertz CT molecular complexity index is 924. The first-order valence-electron chi connectivity index (χ1n) is 9.81. The summed E-state index contributed by atoms with van der Waals surface area (Å²) in [7, 11) is 5.70. The Kier molecular flexibility index (Phi) is 5.75. The Balaban J connectivity index is 1.53. The minimum Gasteiger partial charge on any atom is -0.355 e. The van der Waals surface area contributed by atoms with Gasteiger partial charge in [-0.05, 0) is 60.7 Å². The maximum absolute atomic E-state index is 4.64. The van der Waals surface area contributed by atoms with Crippen molar-refractivity contribution < 1.29 is 0 Å². The second-order valence-electron chi connectivity index (χ2n) is 7.85. The van der Waals surface area contributed by atoms with E-state index in [2.05, 4.69) is 76.5 Å². The molecular weight excluding hydrogens is 384 g/mol. The van der Waals surface area contributed by atoms with Crippen molar-refractivity contribution >= 4 is 29.9 Å². The van der Waals surface area contributed by atoms with Gasteiger partial charge in [0.2, 0.25) is 5.82 Å². The molecule has 28 heavy (non-hydrogen) atoms. The third-order valence-corrected chi connectivity index (χ3v) is 5.97. The fraction of sp³-hybridized carbons (Fsp3) is 0.381. The van der Waals surface area contributed by atoms with E-state index in [-0.39, 0.29) is 4.90 Å². The Labute approximate surface area is 171 Å². The maximum atomic E-state index is 4.64. The van der Waals surface area contributed by atoms with Crippen LogP contribution >= 0.6 is 18.5 Å². The lowest BCUT2D eigenvalue weighted by Gasteiger charge is -2.19. The van der Waals surface area contributed by atoms with Crippen LogP contribution in [-0.4, -0.2) is 20.2 Å². The van der Waals surface area contributed by atoms with Crippen molar-refractivity contribution in [3.05, 3.63) is 54.1 Å². The van der Waals surface area contributed by atoms with E-state index in [4.69, 9.17) is 0 Å². The van der Waals surface area contributed by atoms with Crippen molar-refractivity contribution in [1.29, 1.82) is 0 Å². The molecular formula is C21H27N5P2. The fourth-order valence-corrected chi connectivity index (χ4v) is 4.09. The quantitative estimate of drug-likeness (QED) is 0.567. The van der Waals surface area contributed by atoms with Gasteiger partial charge >= 0.3 is 0 Å². The molecule has 1 N–H and O–H groups in total. The van der Waals surface area contributed by atoms with Gasteiger partial charge in [-0.2, -0.15) is 4.80 Å². The number of para-hydroxylation sites is 1. The number of tetrazole rings is 1. The molecule has 0 aliphatic heterocycles. The third kappa shape index (κ3) is 4.59. The summed E-state index contributed by atoms with van der Waals surface area (Å²) in [6.07, 6.45) is 5.20. The van der Waals surface area contributed by atoms with Crippen LogP contribution in [0.3, 0.4) is 0 Å². The monoisotopic (exact) mass is 411 g/mol. The van der Waals surface area contributed by atoms with E-state index in [1.165, 1.54) is 31.2 Å². The predicted octanol–water partition coefficient (Wildman–Crippen LogP) is 5.20. The molecule has 1 fully saturated rings. The number of hydrogen-bond acceptors (Lipinski definition) is 4. The smallest absolute Gasteiger partial charge is 0.207 e. The second-order valence-corrected chi connectivity index (χ2v) is 10.9. The van der Waals surface area contributed by atoms with Crippen molar-refractivity contribution in [3.8, 4) is 11.4 Å². The van der Waals surface area contributed by atoms with Gasteiger partial charge in [-0.15, -0.1) is 28.7 Å². The molecule has 0 saturated heterocycles. The number of nitrogens with one attached hydrogen (secondary N) is 1. The Hall–Kier alpha value is -1.83. The summed E-state index contributed by atoms with van der Waals surface area (Å²) in [6.45, 7) is 3.02. The van der Waals surface area contributed by atoms with Crippen molar-refractivity contribution in [1.82, 2.24) is 20.2 Å². The Morgan fingerprint density at radius 3 is 2.50 bits per heavy atom. The summed E-state index contributed by atoms with van der Waals surface area (Å²) < 4.78 is 0. The first kappa shape index (κ1) is 19.5. The lowest BCUT2D eigenvalue weighted by atomic mass is 10.1. The summed E-state index contributed by atoms with van der Waals surface area (Å²) in [6, 6.07) is 16.6. The van der Waals surface area contributed by atoms with Gasteiger partial charge in [0.1, 0.15) is 0 Å². The standard InChI is InChI=1S/C21H27N5P2/c1-21(27,28)16-10-12-17(13-11-16)22-19-9-5-4-8-18(19)20-23-25-26(24-20)14-15-6-2-3-7-15/h4-5,8-13,15,22H,2-3,6-7,14,27-28H2,1H3. The molecule has 1 aliphatic carbocycles. The average molecular weight is 411 g/mol. The highest BCUT2D eigenvalue weighted by molar-refractivity contribution is 7.38. The highest BCUT2D eigenvalue weighted by Crippen LogP contribution is 2.38. The Morgan fingerprint density at radius 2 is 1.79 bits per heavy atom. The summed E-state index contributed by atoms with van der Waals surface area (Å²) in [5, 5.41) is 16.7. The molecule has 2 aromatic carbocycles. The summed E-state index contributed by atoms with van der Waals surface area (Å²) in [4.78, 5) is 1.74. The van der Waals surface area contributed by atoms with Crippen LogP contribution in [0.4, 0.5) is 11.4 Å². The van der Waals surface area contributed by atoms with Crippen LogP contribution in [0, 0.1) is 5.92 Å². The summed E-state index contributed by atoms with van der Waals surface area (Å²) in [5.41, 5.74) is 4.23. The van der Waals surface area contributed by atoms with Crippen LogP contribution in [-0.2, 0) is 11.4 Å². The number of aromatic nitrogens is 4. The van der Waals surface area contributed by atoms with Crippen molar-refractivity contribution in [2.24, 2.45) is 5.92 Å². The average Bonchev–Trinajstić information content (AvgIpc) is 3.34. The van der Waals surface area contributed by atoms with E-state index in [0.717, 1.165) is 23.5 Å². The first-order valence-corrected chi connectivity index (χ1v) is 11.0. The molecule has 2 unspecified atom stereocenters. The minimum atomic E-state index is -0.0157. The first-order chi connectivity index (χ1) is 13.5. The van der Waals surface area contributed by atoms with Crippen LogP contribution < -0.4 is 5.32 Å². The summed E-state index contributed by atoms with van der Waals surface area (Å²) >= 11 is 0. The molecule has 1 aromatic heterocycles. The molecule has 5 nitrogen and oxygen atoms in total. The highest BCUT2D eigenvalue weighted by Gasteiger charge is 2.18. The third-order valence-electron chi connectivity index (χ3n) is 5.30. The highest BCUT2D eigenvalue weighted by atomic mass is 31.1. The van der Waals surface area contributed by atoms with E-state index in [1.807, 2.05) is 18.2 Å². The van der Waals surface area contributed by atoms with Crippen LogP contribution in [0.15, 0.2) is 48.5 Å². The van der Waals surface area contributed by atoms with Gasteiger partial charge in [-0.3, -0.25) is 0 Å². The van der Waals surface area contributed by atoms with E-state index in [1.54, 1.807) is 4.80 Å². The fourth-order valence-electron chi connectivity index (χ4n) is 3.71. The van der Waals surface area contributed by atoms with Crippen LogP contribution in [0.25, 0.3) is 11.4 Å². The van der Waals surface area contributed by atoms with E-state index in [0.29, 0.717) is 11.7 Å². The molecule has 0 radical (unpaired) electrons. The molecule has 4 rings (SSSR count). The number of anilines is 2. The largest absolute Gasteiger partial charge is 0.355 e. The van der Waals surface area contributed by atoms with Gasteiger partial charge in [0.15, 0.2) is 0 Å². The number of hydrogen-bond donors (Lipinski definition) is 1. The number of nitrogens with zero attached hydrogens (tertiary/aromatic N) is 4. The van der Waals surface area contributed by atoms with Crippen LogP contribution in [0.1, 0.15) is 38.2 Å². The molecule has 7 heteroatoms. The molecule has 1 aliphatic rings. The van der Waals surface area contributed by atoms with Gasteiger partial charge < -0.3 is 5.32 Å². The van der Waals surface area contributed by atoms with Crippen LogP contribution in [0.5, 0.6) is 0 Å². The Morgan fingerprint density at radius 1 is 1.07 bits per heavy atom. The van der Waals surface area contributed by atoms with Gasteiger partial charge in [0.05, 0.1) is 6.54 Å². The zero-order valence-corrected chi connectivity index (χ0v) is 18.5. The van der Waals surface area contributed by atoms with Crippen molar-refractivity contribution in [3.63, 3.8) is 0 Å². The molecule has 0 amide bonds. The summed E-state index contributed by atoms with van der Waals surface area (Å²) in [5.74, 6) is 1.35.